The number of hydrogen-bond acceptors (Lipinski definition) is 7. The van der Waals surface area contributed by atoms with E-state index in [1.54, 1.807) is 0 Å². The van der Waals surface area contributed by atoms with Gasteiger partial charge in [-0.15, -0.1) is 0 Å². The molecule has 2 aromatic rings. The van der Waals surface area contributed by atoms with E-state index >= 15 is 0 Å². The average Bonchev–Trinajstić information content (AvgIpc) is 3.26. The highest BCUT2D eigenvalue weighted by Crippen LogP contribution is 2.38. The van der Waals surface area contributed by atoms with E-state index < -0.39 is 42.7 Å². The summed E-state index contributed by atoms with van der Waals surface area (Å²) in [6, 6.07) is 14.3. The Morgan fingerprint density at radius 1 is 1.00 bits per heavy atom. The Balaban J connectivity index is 1.19. The van der Waals surface area contributed by atoms with Gasteiger partial charge in [-0.2, -0.15) is 0 Å². The highest BCUT2D eigenvalue weighted by Gasteiger charge is 2.46. The summed E-state index contributed by atoms with van der Waals surface area (Å²) >= 11 is 0. The number of rotatable bonds is 7. The molecule has 2 heterocycles. The second-order valence-electron chi connectivity index (χ2n) is 11.2. The van der Waals surface area contributed by atoms with Crippen molar-refractivity contribution in [2.75, 3.05) is 13.2 Å². The van der Waals surface area contributed by atoms with Crippen LogP contribution in [-0.2, 0) is 17.6 Å². The average molecular weight is 523 g/mol. The molecule has 1 aliphatic carbocycles. The molecule has 7 heteroatoms. The molecule has 4 N–H and O–H groups in total. The normalized spacial score (nSPS) is 32.7. The number of aliphatic hydroxyl groups is 4. The predicted octanol–water partition coefficient (Wildman–Crippen LogP) is 3.05. The van der Waals surface area contributed by atoms with Gasteiger partial charge in [0.25, 0.3) is 0 Å². The lowest BCUT2D eigenvalue weighted by Gasteiger charge is -2.43. The highest BCUT2D eigenvalue weighted by molar-refractivity contribution is 5.45. The Morgan fingerprint density at radius 2 is 1.76 bits per heavy atom. The number of para-hydroxylation sites is 1. The minimum absolute atomic E-state index is 0.178. The molecular weight excluding hydrogens is 484 g/mol. The van der Waals surface area contributed by atoms with E-state index in [2.05, 4.69) is 51.1 Å². The lowest BCUT2D eigenvalue weighted by Crippen LogP contribution is -2.60. The number of fused-ring (bicyclic) bond motifs is 1. The molecule has 5 rings (SSSR count). The Morgan fingerprint density at radius 3 is 2.47 bits per heavy atom. The standard InChI is InChI=1S/C31H38O7/c1-18-7-10-21(30-28(35)27(34)26(33)25(16-32)37-30)14-23(18)13-20-8-11-24(12-9-20)36-17-31(3)15-22-6-4-5-19(2)29(22)38-31/h4-12,21,25-28,30,32-35H,13-17H2,1-3H3/t21?,25-,26-,27+,28-,30+,31?/m1/s1. The number of ether oxygens (including phenoxy) is 3. The van der Waals surface area contributed by atoms with Crippen LogP contribution in [0.3, 0.4) is 0 Å². The van der Waals surface area contributed by atoms with Crippen molar-refractivity contribution >= 4 is 0 Å². The smallest absolute Gasteiger partial charge is 0.144 e. The third-order valence-corrected chi connectivity index (χ3v) is 8.08. The molecule has 3 aliphatic rings. The first-order chi connectivity index (χ1) is 18.2. The van der Waals surface area contributed by atoms with Gasteiger partial charge in [0.1, 0.15) is 48.1 Å². The molecule has 0 spiro atoms. The van der Waals surface area contributed by atoms with Crippen LogP contribution < -0.4 is 9.47 Å². The third-order valence-electron chi connectivity index (χ3n) is 8.08. The van der Waals surface area contributed by atoms with E-state index in [1.807, 2.05) is 24.3 Å². The summed E-state index contributed by atoms with van der Waals surface area (Å²) in [5, 5.41) is 40.4. The summed E-state index contributed by atoms with van der Waals surface area (Å²) in [7, 11) is 0. The van der Waals surface area contributed by atoms with E-state index in [0.29, 0.717) is 13.0 Å². The summed E-state index contributed by atoms with van der Waals surface area (Å²) in [5.41, 5.74) is 5.48. The Bertz CT molecular complexity index is 1200. The van der Waals surface area contributed by atoms with Gasteiger partial charge in [-0.25, -0.2) is 0 Å². The van der Waals surface area contributed by atoms with Gasteiger partial charge in [-0.3, -0.25) is 0 Å². The van der Waals surface area contributed by atoms with Crippen molar-refractivity contribution in [2.24, 2.45) is 5.92 Å². The quantitative estimate of drug-likeness (QED) is 0.443. The van der Waals surface area contributed by atoms with Gasteiger partial charge >= 0.3 is 0 Å². The van der Waals surface area contributed by atoms with E-state index in [9.17, 15) is 20.4 Å². The molecule has 7 atom stereocenters. The number of benzene rings is 2. The van der Waals surface area contributed by atoms with Gasteiger partial charge < -0.3 is 34.6 Å². The summed E-state index contributed by atoms with van der Waals surface area (Å²) in [5.74, 6) is 1.59. The minimum atomic E-state index is -1.36. The van der Waals surface area contributed by atoms with Crippen LogP contribution in [-0.4, -0.2) is 69.8 Å². The molecule has 0 saturated carbocycles. The molecule has 2 aromatic carbocycles. The van der Waals surface area contributed by atoms with Crippen molar-refractivity contribution in [2.45, 2.75) is 76.2 Å². The van der Waals surface area contributed by atoms with Crippen molar-refractivity contribution < 1.29 is 34.6 Å². The van der Waals surface area contributed by atoms with Crippen LogP contribution in [0.1, 0.15) is 37.0 Å². The van der Waals surface area contributed by atoms with Gasteiger partial charge in [0.05, 0.1) is 12.7 Å². The van der Waals surface area contributed by atoms with Crippen molar-refractivity contribution in [1.29, 1.82) is 0 Å². The summed E-state index contributed by atoms with van der Waals surface area (Å²) in [6.45, 7) is 6.24. The predicted molar refractivity (Wildman–Crippen MR) is 143 cm³/mol. The van der Waals surface area contributed by atoms with Gasteiger partial charge in [0.2, 0.25) is 0 Å². The molecule has 204 valence electrons. The van der Waals surface area contributed by atoms with Crippen LogP contribution in [0, 0.1) is 12.8 Å². The zero-order chi connectivity index (χ0) is 27.0. The molecule has 2 unspecified atom stereocenters. The van der Waals surface area contributed by atoms with Crippen LogP contribution >= 0.6 is 0 Å². The molecular formula is C31H38O7. The molecule has 1 fully saturated rings. The Labute approximate surface area is 224 Å². The highest BCUT2D eigenvalue weighted by atomic mass is 16.6. The third kappa shape index (κ3) is 5.40. The number of hydrogen-bond donors (Lipinski definition) is 4. The maximum Gasteiger partial charge on any atom is 0.144 e. The van der Waals surface area contributed by atoms with Gasteiger partial charge in [0.15, 0.2) is 0 Å². The maximum atomic E-state index is 10.6. The fraction of sp³-hybridized carbons (Fsp3) is 0.484. The molecule has 0 radical (unpaired) electrons. The molecule has 0 aromatic heterocycles. The molecule has 2 aliphatic heterocycles. The van der Waals surface area contributed by atoms with Crippen LogP contribution in [0.25, 0.3) is 0 Å². The van der Waals surface area contributed by atoms with E-state index in [1.165, 1.54) is 11.1 Å². The van der Waals surface area contributed by atoms with E-state index in [0.717, 1.165) is 41.0 Å². The van der Waals surface area contributed by atoms with E-state index in [-0.39, 0.29) is 5.92 Å². The van der Waals surface area contributed by atoms with Crippen LogP contribution in [0.15, 0.2) is 65.8 Å². The van der Waals surface area contributed by atoms with Crippen LogP contribution in [0.2, 0.25) is 0 Å². The zero-order valence-corrected chi connectivity index (χ0v) is 22.2. The molecule has 0 bridgehead atoms. The summed E-state index contributed by atoms with van der Waals surface area (Å²) < 4.78 is 18.2. The molecule has 0 amide bonds. The monoisotopic (exact) mass is 522 g/mol. The molecule has 7 nitrogen and oxygen atoms in total. The van der Waals surface area contributed by atoms with Crippen molar-refractivity contribution in [3.05, 3.63) is 82.5 Å². The lowest BCUT2D eigenvalue weighted by atomic mass is 9.79. The number of aliphatic hydroxyl groups excluding tert-OH is 4. The minimum Gasteiger partial charge on any atom is -0.489 e. The molecule has 38 heavy (non-hydrogen) atoms. The maximum absolute atomic E-state index is 10.6. The Hall–Kier alpha value is -2.68. The summed E-state index contributed by atoms with van der Waals surface area (Å²) in [4.78, 5) is 0. The van der Waals surface area contributed by atoms with Crippen LogP contribution in [0.4, 0.5) is 0 Å². The second-order valence-corrected chi connectivity index (χ2v) is 11.2. The second kappa shape index (κ2) is 10.8. The lowest BCUT2D eigenvalue weighted by molar-refractivity contribution is -0.237. The first-order valence-corrected chi connectivity index (χ1v) is 13.3. The van der Waals surface area contributed by atoms with Gasteiger partial charge in [-0.1, -0.05) is 53.6 Å². The first kappa shape index (κ1) is 26.9. The van der Waals surface area contributed by atoms with Crippen molar-refractivity contribution in [3.8, 4) is 11.5 Å². The van der Waals surface area contributed by atoms with Crippen molar-refractivity contribution in [3.63, 3.8) is 0 Å². The number of aryl methyl sites for hydroxylation is 1. The molecule has 1 saturated heterocycles. The fourth-order valence-corrected chi connectivity index (χ4v) is 5.77. The SMILES string of the molecule is CC1=C(Cc2ccc(OCC3(C)Cc4cccc(C)c4O3)cc2)CC([C@@H]2O[C@H](CO)[C@@H](O)[C@H](O)[C@H]2O)C=C1. The van der Waals surface area contributed by atoms with Gasteiger partial charge in [0, 0.05) is 12.3 Å². The van der Waals surface area contributed by atoms with E-state index in [4.69, 9.17) is 14.2 Å². The van der Waals surface area contributed by atoms with Gasteiger partial charge in [-0.05, 0) is 62.4 Å². The van der Waals surface area contributed by atoms with Crippen LogP contribution in [0.5, 0.6) is 11.5 Å². The Kier molecular flexibility index (Phi) is 7.67. The summed E-state index contributed by atoms with van der Waals surface area (Å²) in [6.07, 6.45) is 0.645. The zero-order valence-electron chi connectivity index (χ0n) is 22.2. The number of allylic oxidation sites excluding steroid dienone is 3. The fourth-order valence-electron chi connectivity index (χ4n) is 5.77. The van der Waals surface area contributed by atoms with Crippen molar-refractivity contribution in [1.82, 2.24) is 0 Å². The first-order valence-electron chi connectivity index (χ1n) is 13.3. The topological polar surface area (TPSA) is 109 Å². The largest absolute Gasteiger partial charge is 0.489 e.